The molecule has 18 heavy (non-hydrogen) atoms. The summed E-state index contributed by atoms with van der Waals surface area (Å²) in [6.07, 6.45) is 1.46. The Morgan fingerprint density at radius 3 is 2.78 bits per heavy atom. The molecule has 0 fully saturated rings. The first-order valence-corrected chi connectivity index (χ1v) is 5.41. The standard InChI is InChI=1S/C13H13FN2O2/c1-8-4-5-9(6-10(8)14)13(17)12-11(18-3)7-15-16(12)2/h4-7H,1-3H3. The molecule has 2 rings (SSSR count). The number of ether oxygens (including phenoxy) is 1. The summed E-state index contributed by atoms with van der Waals surface area (Å²) in [6, 6.07) is 4.39. The molecule has 0 saturated carbocycles. The van der Waals surface area contributed by atoms with Crippen molar-refractivity contribution in [3.05, 3.63) is 47.0 Å². The number of aryl methyl sites for hydroxylation is 2. The van der Waals surface area contributed by atoms with E-state index in [1.165, 1.54) is 24.1 Å². The Balaban J connectivity index is 2.47. The van der Waals surface area contributed by atoms with Crippen molar-refractivity contribution in [2.75, 3.05) is 7.11 Å². The molecule has 1 heterocycles. The number of carbonyl (C=O) groups excluding carboxylic acids is 1. The summed E-state index contributed by atoms with van der Waals surface area (Å²) in [5.41, 5.74) is 1.09. The molecule has 0 spiro atoms. The van der Waals surface area contributed by atoms with E-state index >= 15 is 0 Å². The number of ketones is 1. The van der Waals surface area contributed by atoms with Gasteiger partial charge in [0.05, 0.1) is 13.3 Å². The molecule has 1 aromatic heterocycles. The van der Waals surface area contributed by atoms with Crippen LogP contribution in [0.2, 0.25) is 0 Å². The van der Waals surface area contributed by atoms with Crippen LogP contribution in [0.1, 0.15) is 21.6 Å². The minimum absolute atomic E-state index is 0.278. The summed E-state index contributed by atoms with van der Waals surface area (Å²) in [5.74, 6) is -0.337. The number of carbonyl (C=O) groups is 1. The Labute approximate surface area is 104 Å². The zero-order valence-electron chi connectivity index (χ0n) is 10.4. The van der Waals surface area contributed by atoms with E-state index in [1.807, 2.05) is 0 Å². The van der Waals surface area contributed by atoms with E-state index in [2.05, 4.69) is 5.10 Å². The second-order valence-corrected chi connectivity index (χ2v) is 3.98. The molecule has 0 N–H and O–H groups in total. The fraction of sp³-hybridized carbons (Fsp3) is 0.231. The van der Waals surface area contributed by atoms with Crippen molar-refractivity contribution in [2.24, 2.45) is 7.05 Å². The van der Waals surface area contributed by atoms with Crippen LogP contribution in [-0.4, -0.2) is 22.7 Å². The van der Waals surface area contributed by atoms with Crippen LogP contribution in [0, 0.1) is 12.7 Å². The highest BCUT2D eigenvalue weighted by Crippen LogP contribution is 2.21. The minimum atomic E-state index is -0.401. The van der Waals surface area contributed by atoms with Gasteiger partial charge in [0, 0.05) is 12.6 Å². The number of rotatable bonds is 3. The lowest BCUT2D eigenvalue weighted by atomic mass is 10.1. The highest BCUT2D eigenvalue weighted by Gasteiger charge is 2.19. The lowest BCUT2D eigenvalue weighted by Gasteiger charge is -2.05. The van der Waals surface area contributed by atoms with Crippen molar-refractivity contribution in [2.45, 2.75) is 6.92 Å². The van der Waals surface area contributed by atoms with Crippen LogP contribution in [0.4, 0.5) is 4.39 Å². The van der Waals surface area contributed by atoms with E-state index in [1.54, 1.807) is 26.1 Å². The first-order chi connectivity index (χ1) is 8.54. The van der Waals surface area contributed by atoms with Gasteiger partial charge in [0.2, 0.25) is 5.78 Å². The Hall–Kier alpha value is -2.17. The Bertz CT molecular complexity index is 605. The number of hydrogen-bond donors (Lipinski definition) is 0. The molecule has 94 valence electrons. The average Bonchev–Trinajstić information content (AvgIpc) is 2.73. The van der Waals surface area contributed by atoms with Gasteiger partial charge in [-0.3, -0.25) is 9.48 Å². The molecule has 0 bridgehead atoms. The van der Waals surface area contributed by atoms with E-state index in [9.17, 15) is 9.18 Å². The Morgan fingerprint density at radius 2 is 2.17 bits per heavy atom. The highest BCUT2D eigenvalue weighted by atomic mass is 19.1. The van der Waals surface area contributed by atoms with Crippen molar-refractivity contribution in [3.63, 3.8) is 0 Å². The number of benzene rings is 1. The molecule has 0 radical (unpaired) electrons. The summed E-state index contributed by atoms with van der Waals surface area (Å²) in [5, 5.41) is 3.95. The first kappa shape index (κ1) is 12.3. The first-order valence-electron chi connectivity index (χ1n) is 5.41. The van der Waals surface area contributed by atoms with Gasteiger partial charge in [-0.1, -0.05) is 12.1 Å². The molecule has 0 aliphatic rings. The van der Waals surface area contributed by atoms with Gasteiger partial charge >= 0.3 is 0 Å². The molecule has 0 aliphatic heterocycles. The SMILES string of the molecule is COc1cnn(C)c1C(=O)c1ccc(C)c(F)c1. The molecule has 2 aromatic rings. The fourth-order valence-corrected chi connectivity index (χ4v) is 1.70. The van der Waals surface area contributed by atoms with E-state index < -0.39 is 5.82 Å². The van der Waals surface area contributed by atoms with Gasteiger partial charge in [-0.2, -0.15) is 5.10 Å². The van der Waals surface area contributed by atoms with Gasteiger partial charge in [0.25, 0.3) is 0 Å². The molecule has 0 saturated heterocycles. The topological polar surface area (TPSA) is 44.1 Å². The van der Waals surface area contributed by atoms with Gasteiger partial charge in [0.1, 0.15) is 5.82 Å². The van der Waals surface area contributed by atoms with Gasteiger partial charge < -0.3 is 4.74 Å². The predicted octanol–water partition coefficient (Wildman–Crippen LogP) is 2.11. The average molecular weight is 248 g/mol. The maximum atomic E-state index is 13.5. The normalized spacial score (nSPS) is 10.4. The molecule has 0 atom stereocenters. The zero-order chi connectivity index (χ0) is 13.3. The van der Waals surface area contributed by atoms with Crippen molar-refractivity contribution in [3.8, 4) is 5.75 Å². The summed E-state index contributed by atoms with van der Waals surface area (Å²) in [6.45, 7) is 1.65. The second-order valence-electron chi connectivity index (χ2n) is 3.98. The van der Waals surface area contributed by atoms with Crippen molar-refractivity contribution in [1.29, 1.82) is 0 Å². The summed E-state index contributed by atoms with van der Waals surface area (Å²) in [4.78, 5) is 12.3. The lowest BCUT2D eigenvalue weighted by Crippen LogP contribution is -2.10. The minimum Gasteiger partial charge on any atom is -0.493 e. The van der Waals surface area contributed by atoms with Gasteiger partial charge in [-0.05, 0) is 18.6 Å². The molecule has 0 aliphatic carbocycles. The molecular weight excluding hydrogens is 235 g/mol. The summed E-state index contributed by atoms with van der Waals surface area (Å²) >= 11 is 0. The highest BCUT2D eigenvalue weighted by molar-refractivity contribution is 6.09. The number of methoxy groups -OCH3 is 1. The number of halogens is 1. The van der Waals surface area contributed by atoms with Gasteiger partial charge in [-0.25, -0.2) is 4.39 Å². The number of nitrogens with zero attached hydrogens (tertiary/aromatic N) is 2. The van der Waals surface area contributed by atoms with Crippen LogP contribution in [0.3, 0.4) is 0 Å². The summed E-state index contributed by atoms with van der Waals surface area (Å²) < 4.78 is 19.9. The quantitative estimate of drug-likeness (QED) is 0.781. The summed E-state index contributed by atoms with van der Waals surface area (Å²) in [7, 11) is 3.10. The lowest BCUT2D eigenvalue weighted by molar-refractivity contribution is 0.102. The van der Waals surface area contributed by atoms with Crippen LogP contribution in [0.25, 0.3) is 0 Å². The van der Waals surface area contributed by atoms with Gasteiger partial charge in [-0.15, -0.1) is 0 Å². The van der Waals surface area contributed by atoms with E-state index in [4.69, 9.17) is 4.74 Å². The van der Waals surface area contributed by atoms with Crippen LogP contribution >= 0.6 is 0 Å². The zero-order valence-corrected chi connectivity index (χ0v) is 10.4. The largest absolute Gasteiger partial charge is 0.493 e. The Kier molecular flexibility index (Phi) is 3.14. The molecule has 1 aromatic carbocycles. The molecular formula is C13H13FN2O2. The maximum Gasteiger partial charge on any atom is 0.214 e. The number of hydrogen-bond acceptors (Lipinski definition) is 3. The third-order valence-electron chi connectivity index (χ3n) is 2.77. The molecule has 4 nitrogen and oxygen atoms in total. The van der Waals surface area contributed by atoms with Crippen molar-refractivity contribution < 1.29 is 13.9 Å². The van der Waals surface area contributed by atoms with Crippen molar-refractivity contribution >= 4 is 5.78 Å². The van der Waals surface area contributed by atoms with Crippen LogP contribution in [0.5, 0.6) is 5.75 Å². The fourth-order valence-electron chi connectivity index (χ4n) is 1.70. The van der Waals surface area contributed by atoms with Crippen LogP contribution in [0.15, 0.2) is 24.4 Å². The Morgan fingerprint density at radius 1 is 1.44 bits per heavy atom. The van der Waals surface area contributed by atoms with Gasteiger partial charge in [0.15, 0.2) is 11.4 Å². The molecule has 0 amide bonds. The van der Waals surface area contributed by atoms with E-state index in [0.29, 0.717) is 17.0 Å². The van der Waals surface area contributed by atoms with E-state index in [-0.39, 0.29) is 11.3 Å². The molecule has 0 unspecified atom stereocenters. The maximum absolute atomic E-state index is 13.5. The number of aromatic nitrogens is 2. The molecule has 5 heteroatoms. The van der Waals surface area contributed by atoms with E-state index in [0.717, 1.165) is 0 Å². The third-order valence-corrected chi connectivity index (χ3v) is 2.77. The third kappa shape index (κ3) is 1.99. The monoisotopic (exact) mass is 248 g/mol. The smallest absolute Gasteiger partial charge is 0.214 e. The van der Waals surface area contributed by atoms with Crippen LogP contribution in [-0.2, 0) is 7.05 Å². The predicted molar refractivity (Wildman–Crippen MR) is 64.3 cm³/mol. The second kappa shape index (κ2) is 4.60. The van der Waals surface area contributed by atoms with Crippen LogP contribution < -0.4 is 4.74 Å². The van der Waals surface area contributed by atoms with Crippen molar-refractivity contribution in [1.82, 2.24) is 9.78 Å².